The van der Waals surface area contributed by atoms with Gasteiger partial charge < -0.3 is 4.74 Å². The van der Waals surface area contributed by atoms with Crippen LogP contribution in [0.2, 0.25) is 5.02 Å². The van der Waals surface area contributed by atoms with E-state index in [0.29, 0.717) is 23.4 Å². The highest BCUT2D eigenvalue weighted by Gasteiger charge is 2.08. The third-order valence-electron chi connectivity index (χ3n) is 5.51. The van der Waals surface area contributed by atoms with Gasteiger partial charge in [-0.05, 0) is 68.9 Å². The van der Waals surface area contributed by atoms with Gasteiger partial charge in [0.2, 0.25) is 0 Å². The van der Waals surface area contributed by atoms with Crippen LogP contribution in [0.1, 0.15) is 25.1 Å². The molecular weight excluding hydrogens is 422 g/mol. The van der Waals surface area contributed by atoms with Crippen molar-refractivity contribution in [1.82, 2.24) is 14.5 Å². The van der Waals surface area contributed by atoms with Crippen molar-refractivity contribution in [1.29, 1.82) is 0 Å². The summed E-state index contributed by atoms with van der Waals surface area (Å²) in [6, 6.07) is 21.2. The van der Waals surface area contributed by atoms with Crippen molar-refractivity contribution >= 4 is 22.5 Å². The van der Waals surface area contributed by atoms with Crippen LogP contribution in [0.3, 0.4) is 0 Å². The zero-order chi connectivity index (χ0) is 22.7. The molecule has 0 radical (unpaired) electrons. The maximum Gasteiger partial charge on any atom is 0.258 e. The second kappa shape index (κ2) is 9.55. The number of benzene rings is 2. The number of hydrogen-bond donors (Lipinski definition) is 0. The predicted molar refractivity (Wildman–Crippen MR) is 130 cm³/mol. The molecule has 2 heterocycles. The summed E-state index contributed by atoms with van der Waals surface area (Å²) in [6.07, 6.45) is 1.74. The first kappa shape index (κ1) is 22.1. The van der Waals surface area contributed by atoms with E-state index in [1.165, 1.54) is 6.07 Å². The number of ether oxygens (including phenoxy) is 1. The molecule has 2 aromatic heterocycles. The van der Waals surface area contributed by atoms with E-state index in [9.17, 15) is 4.79 Å². The Balaban J connectivity index is 1.51. The summed E-state index contributed by atoms with van der Waals surface area (Å²) in [5.41, 5.74) is 3.57. The molecule has 0 saturated heterocycles. The quantitative estimate of drug-likeness (QED) is 0.377. The summed E-state index contributed by atoms with van der Waals surface area (Å²) < 4.78 is 7.37. The van der Waals surface area contributed by atoms with Crippen molar-refractivity contribution in [2.45, 2.75) is 33.0 Å². The van der Waals surface area contributed by atoms with Crippen LogP contribution in [0.4, 0.5) is 0 Å². The van der Waals surface area contributed by atoms with E-state index in [0.717, 1.165) is 34.4 Å². The third-order valence-corrected chi connectivity index (χ3v) is 5.76. The van der Waals surface area contributed by atoms with Gasteiger partial charge >= 0.3 is 0 Å². The van der Waals surface area contributed by atoms with Gasteiger partial charge in [0.1, 0.15) is 12.4 Å². The summed E-state index contributed by atoms with van der Waals surface area (Å²) in [6.45, 7) is 5.50. The molecule has 0 atom stereocenters. The van der Waals surface area contributed by atoms with Crippen LogP contribution >= 0.6 is 11.6 Å². The zero-order valence-corrected chi connectivity index (χ0v) is 19.2. The van der Waals surface area contributed by atoms with E-state index in [-0.39, 0.29) is 5.56 Å². The van der Waals surface area contributed by atoms with Gasteiger partial charge in [-0.3, -0.25) is 19.2 Å². The molecule has 0 aliphatic heterocycles. The molecule has 6 heteroatoms. The van der Waals surface area contributed by atoms with E-state index in [2.05, 4.69) is 31.9 Å². The molecule has 0 saturated carbocycles. The lowest BCUT2D eigenvalue weighted by Crippen LogP contribution is -2.26. The Morgan fingerprint density at radius 1 is 1.03 bits per heavy atom. The third kappa shape index (κ3) is 5.18. The Kier molecular flexibility index (Phi) is 6.58. The lowest BCUT2D eigenvalue weighted by atomic mass is 10.1. The molecule has 4 aromatic rings. The van der Waals surface area contributed by atoms with Crippen molar-refractivity contribution in [2.75, 3.05) is 7.05 Å². The molecule has 164 valence electrons. The van der Waals surface area contributed by atoms with Crippen LogP contribution in [-0.2, 0) is 13.2 Å². The summed E-state index contributed by atoms with van der Waals surface area (Å²) in [7, 11) is 2.09. The number of aromatic nitrogens is 2. The summed E-state index contributed by atoms with van der Waals surface area (Å²) in [4.78, 5) is 19.7. The molecule has 0 bridgehead atoms. The van der Waals surface area contributed by atoms with Crippen LogP contribution in [0.25, 0.3) is 16.6 Å². The van der Waals surface area contributed by atoms with Crippen molar-refractivity contribution in [2.24, 2.45) is 0 Å². The maximum atomic E-state index is 12.7. The molecular formula is C26H26ClN3O2. The fourth-order valence-corrected chi connectivity index (χ4v) is 3.47. The van der Waals surface area contributed by atoms with Crippen molar-refractivity contribution in [3.8, 4) is 11.4 Å². The zero-order valence-electron chi connectivity index (χ0n) is 18.5. The van der Waals surface area contributed by atoms with E-state index in [1.807, 2.05) is 48.5 Å². The second-order valence-electron chi connectivity index (χ2n) is 8.17. The van der Waals surface area contributed by atoms with E-state index >= 15 is 0 Å². The lowest BCUT2D eigenvalue weighted by Gasteiger charge is -2.20. The first-order chi connectivity index (χ1) is 15.4. The average Bonchev–Trinajstić information content (AvgIpc) is 2.78. The standard InChI is InChI=1S/C26H26ClN3O2/c1-18(2)29(3)16-22-9-6-20-14-23(10-11-25(20)28-22)30-13-12-24(15-26(30)31)32-17-19-4-7-21(27)8-5-19/h4-15,18H,16-17H2,1-3H3. The molecule has 0 unspecified atom stereocenters. The van der Waals surface area contributed by atoms with Crippen molar-refractivity contribution in [3.05, 3.63) is 99.6 Å². The van der Waals surface area contributed by atoms with E-state index in [1.54, 1.807) is 16.8 Å². The molecule has 0 aliphatic carbocycles. The molecule has 32 heavy (non-hydrogen) atoms. The number of pyridine rings is 2. The lowest BCUT2D eigenvalue weighted by molar-refractivity contribution is 0.263. The van der Waals surface area contributed by atoms with Crippen molar-refractivity contribution < 1.29 is 4.74 Å². The van der Waals surface area contributed by atoms with Gasteiger partial charge in [-0.15, -0.1) is 0 Å². The van der Waals surface area contributed by atoms with Gasteiger partial charge in [-0.2, -0.15) is 0 Å². The molecule has 0 fully saturated rings. The van der Waals surface area contributed by atoms with Gasteiger partial charge in [0.05, 0.1) is 11.2 Å². The monoisotopic (exact) mass is 447 g/mol. The van der Waals surface area contributed by atoms with E-state index < -0.39 is 0 Å². The van der Waals surface area contributed by atoms with E-state index in [4.69, 9.17) is 21.3 Å². The minimum absolute atomic E-state index is 0.152. The molecule has 5 nitrogen and oxygen atoms in total. The highest BCUT2D eigenvalue weighted by molar-refractivity contribution is 6.30. The highest BCUT2D eigenvalue weighted by Crippen LogP contribution is 2.19. The Labute approximate surface area is 192 Å². The Morgan fingerprint density at radius 2 is 1.81 bits per heavy atom. The minimum Gasteiger partial charge on any atom is -0.489 e. The van der Waals surface area contributed by atoms with Gasteiger partial charge in [0.15, 0.2) is 0 Å². The normalized spacial score (nSPS) is 11.4. The fraction of sp³-hybridized carbons (Fsp3) is 0.231. The Hall–Kier alpha value is -3.15. The summed E-state index contributed by atoms with van der Waals surface area (Å²) >= 11 is 5.91. The number of nitrogens with zero attached hydrogens (tertiary/aromatic N) is 3. The van der Waals surface area contributed by atoms with Gasteiger partial charge in [-0.25, -0.2) is 0 Å². The first-order valence-corrected chi connectivity index (χ1v) is 11.0. The molecule has 0 spiro atoms. The SMILES string of the molecule is CC(C)N(C)Cc1ccc2cc(-n3ccc(OCc4ccc(Cl)cc4)cc3=O)ccc2n1. The summed E-state index contributed by atoms with van der Waals surface area (Å²) in [5.74, 6) is 0.530. The van der Waals surface area contributed by atoms with Gasteiger partial charge in [0.25, 0.3) is 5.56 Å². The minimum atomic E-state index is -0.152. The second-order valence-corrected chi connectivity index (χ2v) is 8.61. The Morgan fingerprint density at radius 3 is 2.53 bits per heavy atom. The van der Waals surface area contributed by atoms with Crippen LogP contribution in [0, 0.1) is 0 Å². The molecule has 0 amide bonds. The molecule has 2 aromatic carbocycles. The number of fused-ring (bicyclic) bond motifs is 1. The smallest absolute Gasteiger partial charge is 0.258 e. The fourth-order valence-electron chi connectivity index (χ4n) is 3.34. The van der Waals surface area contributed by atoms with Gasteiger partial charge in [-0.1, -0.05) is 29.8 Å². The number of hydrogen-bond acceptors (Lipinski definition) is 4. The average molecular weight is 448 g/mol. The van der Waals surface area contributed by atoms with Crippen LogP contribution in [0.5, 0.6) is 5.75 Å². The summed E-state index contributed by atoms with van der Waals surface area (Å²) in [5, 5.41) is 1.68. The van der Waals surface area contributed by atoms with Crippen LogP contribution in [0.15, 0.2) is 77.7 Å². The Bertz CT molecular complexity index is 1280. The molecule has 0 aliphatic rings. The highest BCUT2D eigenvalue weighted by atomic mass is 35.5. The van der Waals surface area contributed by atoms with Gasteiger partial charge in [0, 0.05) is 40.9 Å². The number of halogens is 1. The first-order valence-electron chi connectivity index (χ1n) is 10.6. The van der Waals surface area contributed by atoms with Crippen LogP contribution in [-0.4, -0.2) is 27.5 Å². The van der Waals surface area contributed by atoms with Crippen molar-refractivity contribution in [3.63, 3.8) is 0 Å². The molecule has 0 N–H and O–H groups in total. The largest absolute Gasteiger partial charge is 0.489 e. The predicted octanol–water partition coefficient (Wildman–Crippen LogP) is 5.46. The molecule has 4 rings (SSSR count). The maximum absolute atomic E-state index is 12.7. The van der Waals surface area contributed by atoms with Crippen LogP contribution < -0.4 is 10.3 Å². The topological polar surface area (TPSA) is 47.4 Å². The number of rotatable bonds is 7.